The molecule has 0 aliphatic heterocycles. The Morgan fingerprint density at radius 3 is 2.47 bits per heavy atom. The summed E-state index contributed by atoms with van der Waals surface area (Å²) in [6.45, 7) is 4.88. The van der Waals surface area contributed by atoms with E-state index in [4.69, 9.17) is 16.3 Å². The van der Waals surface area contributed by atoms with E-state index >= 15 is 0 Å². The molecule has 0 atom stereocenters. The van der Waals surface area contributed by atoms with Crippen LogP contribution in [-0.4, -0.2) is 16.0 Å². The second kappa shape index (κ2) is 6.50. The van der Waals surface area contributed by atoms with Gasteiger partial charge in [0.2, 0.25) is 5.88 Å². The van der Waals surface area contributed by atoms with E-state index in [-0.39, 0.29) is 0 Å². The molecule has 1 N–H and O–H groups in total. The normalized spacial score (nSPS) is 10.7. The molecule has 0 fully saturated rings. The highest BCUT2D eigenvalue weighted by molar-refractivity contribution is 6.30. The van der Waals surface area contributed by atoms with E-state index in [9.17, 15) is 0 Å². The zero-order chi connectivity index (χ0) is 13.7. The number of ether oxygens (including phenoxy) is 1. The monoisotopic (exact) mass is 277 g/mol. The number of nitrogens with zero attached hydrogens (tertiary/aromatic N) is 2. The minimum Gasteiger partial charge on any atom is -0.438 e. The minimum atomic E-state index is 0.423. The first-order valence-electron chi connectivity index (χ1n) is 6.11. The molecule has 19 heavy (non-hydrogen) atoms. The average molecular weight is 278 g/mol. The van der Waals surface area contributed by atoms with Crippen LogP contribution in [0.5, 0.6) is 11.6 Å². The highest BCUT2D eigenvalue weighted by Crippen LogP contribution is 2.20. The first-order valence-corrected chi connectivity index (χ1v) is 6.49. The topological polar surface area (TPSA) is 47.0 Å². The number of benzene rings is 1. The van der Waals surface area contributed by atoms with Crippen LogP contribution in [0.25, 0.3) is 0 Å². The predicted molar refractivity (Wildman–Crippen MR) is 75.5 cm³/mol. The molecule has 2 aromatic rings. The highest BCUT2D eigenvalue weighted by Gasteiger charge is 2.01. The summed E-state index contributed by atoms with van der Waals surface area (Å²) in [5.41, 5.74) is 0.886. The molecule has 0 bridgehead atoms. The Kier molecular flexibility index (Phi) is 4.71. The smallest absolute Gasteiger partial charge is 0.237 e. The minimum absolute atomic E-state index is 0.423. The highest BCUT2D eigenvalue weighted by atomic mass is 35.5. The third kappa shape index (κ3) is 4.50. The molecule has 0 amide bonds. The van der Waals surface area contributed by atoms with Crippen molar-refractivity contribution in [2.24, 2.45) is 0 Å². The molecule has 0 saturated heterocycles. The van der Waals surface area contributed by atoms with Crippen molar-refractivity contribution in [2.75, 3.05) is 0 Å². The summed E-state index contributed by atoms with van der Waals surface area (Å²) in [5.74, 6) is 1.15. The van der Waals surface area contributed by atoms with Gasteiger partial charge < -0.3 is 10.1 Å². The molecule has 0 aliphatic carbocycles. The Labute approximate surface area is 117 Å². The second-order valence-corrected chi connectivity index (χ2v) is 4.87. The maximum absolute atomic E-state index is 5.81. The number of halogens is 1. The van der Waals surface area contributed by atoms with Gasteiger partial charge in [-0.3, -0.25) is 4.98 Å². The number of aromatic nitrogens is 2. The van der Waals surface area contributed by atoms with Gasteiger partial charge in [0, 0.05) is 17.6 Å². The fourth-order valence-electron chi connectivity index (χ4n) is 1.42. The fraction of sp³-hybridized carbons (Fsp3) is 0.286. The van der Waals surface area contributed by atoms with Crippen LogP contribution >= 0.6 is 11.6 Å². The van der Waals surface area contributed by atoms with Crippen LogP contribution in [0.4, 0.5) is 0 Å². The second-order valence-electron chi connectivity index (χ2n) is 4.44. The van der Waals surface area contributed by atoms with E-state index in [0.717, 1.165) is 5.69 Å². The molecule has 0 saturated carbocycles. The summed E-state index contributed by atoms with van der Waals surface area (Å²) in [6.07, 6.45) is 3.33. The maximum atomic E-state index is 5.81. The maximum Gasteiger partial charge on any atom is 0.237 e. The molecule has 100 valence electrons. The summed E-state index contributed by atoms with van der Waals surface area (Å²) in [7, 11) is 0. The fourth-order valence-corrected chi connectivity index (χ4v) is 1.54. The van der Waals surface area contributed by atoms with Crippen molar-refractivity contribution in [3.05, 3.63) is 47.4 Å². The molecule has 5 heteroatoms. The van der Waals surface area contributed by atoms with E-state index in [2.05, 4.69) is 29.1 Å². The molecule has 0 aliphatic rings. The van der Waals surface area contributed by atoms with Gasteiger partial charge in [-0.25, -0.2) is 4.98 Å². The molecule has 4 nitrogen and oxygen atoms in total. The third-order valence-corrected chi connectivity index (χ3v) is 2.66. The van der Waals surface area contributed by atoms with Gasteiger partial charge in [0.15, 0.2) is 0 Å². The lowest BCUT2D eigenvalue weighted by atomic mass is 10.3. The van der Waals surface area contributed by atoms with Gasteiger partial charge in [0.05, 0.1) is 18.1 Å². The van der Waals surface area contributed by atoms with Crippen LogP contribution in [0.1, 0.15) is 19.5 Å². The van der Waals surface area contributed by atoms with Crippen molar-refractivity contribution in [3.63, 3.8) is 0 Å². The largest absolute Gasteiger partial charge is 0.438 e. The Morgan fingerprint density at radius 2 is 1.89 bits per heavy atom. The van der Waals surface area contributed by atoms with E-state index in [1.165, 1.54) is 0 Å². The van der Waals surface area contributed by atoms with E-state index in [1.54, 1.807) is 36.7 Å². The zero-order valence-electron chi connectivity index (χ0n) is 10.9. The van der Waals surface area contributed by atoms with Crippen LogP contribution in [0.15, 0.2) is 36.7 Å². The van der Waals surface area contributed by atoms with Gasteiger partial charge in [-0.05, 0) is 24.3 Å². The lowest BCUT2D eigenvalue weighted by Crippen LogP contribution is -2.22. The van der Waals surface area contributed by atoms with Crippen molar-refractivity contribution in [1.82, 2.24) is 15.3 Å². The number of rotatable bonds is 5. The molecule has 1 aromatic carbocycles. The standard InChI is InChI=1S/C14H16ClN3O/c1-10(2)16-7-12-8-18-14(9-17-12)19-13-5-3-11(15)4-6-13/h3-6,8-10,16H,7H2,1-2H3. The van der Waals surface area contributed by atoms with Crippen LogP contribution in [0.2, 0.25) is 5.02 Å². The first-order chi connectivity index (χ1) is 9.13. The summed E-state index contributed by atoms with van der Waals surface area (Å²) in [5, 5.41) is 3.95. The summed E-state index contributed by atoms with van der Waals surface area (Å²) in [6, 6.07) is 7.54. The summed E-state index contributed by atoms with van der Waals surface area (Å²) in [4.78, 5) is 8.50. The Morgan fingerprint density at radius 1 is 1.16 bits per heavy atom. The molecule has 1 heterocycles. The van der Waals surface area contributed by atoms with Crippen molar-refractivity contribution in [1.29, 1.82) is 0 Å². The van der Waals surface area contributed by atoms with Gasteiger partial charge in [-0.1, -0.05) is 25.4 Å². The number of hydrogen-bond acceptors (Lipinski definition) is 4. The predicted octanol–water partition coefficient (Wildman–Crippen LogP) is 3.42. The van der Waals surface area contributed by atoms with E-state index in [1.807, 2.05) is 0 Å². The third-order valence-electron chi connectivity index (χ3n) is 2.41. The van der Waals surface area contributed by atoms with Crippen LogP contribution in [0.3, 0.4) is 0 Å². The van der Waals surface area contributed by atoms with Gasteiger partial charge in [-0.2, -0.15) is 0 Å². The summed E-state index contributed by atoms with van der Waals surface area (Å²) >= 11 is 5.81. The first kappa shape index (κ1) is 13.8. The van der Waals surface area contributed by atoms with Crippen LogP contribution in [-0.2, 0) is 6.54 Å². The summed E-state index contributed by atoms with van der Waals surface area (Å²) < 4.78 is 5.56. The molecular formula is C14H16ClN3O. The Balaban J connectivity index is 1.96. The lowest BCUT2D eigenvalue weighted by Gasteiger charge is -2.08. The van der Waals surface area contributed by atoms with Crippen LogP contribution in [0, 0.1) is 0 Å². The number of hydrogen-bond donors (Lipinski definition) is 1. The van der Waals surface area contributed by atoms with Gasteiger partial charge >= 0.3 is 0 Å². The van der Waals surface area contributed by atoms with Gasteiger partial charge in [0.25, 0.3) is 0 Å². The molecule has 0 radical (unpaired) electrons. The Hall–Kier alpha value is -1.65. The number of nitrogens with one attached hydrogen (secondary N) is 1. The Bertz CT molecular complexity index is 511. The average Bonchev–Trinajstić information content (AvgIpc) is 2.40. The quantitative estimate of drug-likeness (QED) is 0.910. The SMILES string of the molecule is CC(C)NCc1cnc(Oc2ccc(Cl)cc2)cn1. The van der Waals surface area contributed by atoms with Gasteiger partial charge in [-0.15, -0.1) is 0 Å². The lowest BCUT2D eigenvalue weighted by molar-refractivity contribution is 0.458. The molecule has 2 rings (SSSR count). The molecular weight excluding hydrogens is 262 g/mol. The van der Waals surface area contributed by atoms with Gasteiger partial charge in [0.1, 0.15) is 5.75 Å². The van der Waals surface area contributed by atoms with Crippen molar-refractivity contribution in [2.45, 2.75) is 26.4 Å². The molecule has 0 unspecified atom stereocenters. The van der Waals surface area contributed by atoms with E-state index in [0.29, 0.717) is 29.2 Å². The van der Waals surface area contributed by atoms with E-state index < -0.39 is 0 Å². The molecule has 0 spiro atoms. The van der Waals surface area contributed by atoms with Crippen molar-refractivity contribution < 1.29 is 4.74 Å². The zero-order valence-corrected chi connectivity index (χ0v) is 11.7. The van der Waals surface area contributed by atoms with Crippen molar-refractivity contribution in [3.8, 4) is 11.6 Å². The van der Waals surface area contributed by atoms with Crippen molar-refractivity contribution >= 4 is 11.6 Å². The van der Waals surface area contributed by atoms with Crippen LogP contribution < -0.4 is 10.1 Å². The molecule has 1 aromatic heterocycles.